The summed E-state index contributed by atoms with van der Waals surface area (Å²) in [5.41, 5.74) is 1.42. The van der Waals surface area contributed by atoms with Gasteiger partial charge in [0.25, 0.3) is 5.97 Å². The van der Waals surface area contributed by atoms with Crippen molar-refractivity contribution in [2.45, 2.75) is 20.8 Å². The molecule has 0 fully saturated rings. The molecule has 6 nitrogen and oxygen atoms in total. The number of aromatic nitrogens is 1. The monoisotopic (exact) mass is 374 g/mol. The first kappa shape index (κ1) is 22.0. The van der Waals surface area contributed by atoms with Gasteiger partial charge in [0.2, 0.25) is 0 Å². The number of carbonyl (C=O) groups excluding carboxylic acids is 1. The van der Waals surface area contributed by atoms with Crippen molar-refractivity contribution in [1.82, 2.24) is 9.88 Å². The fraction of sp³-hybridized carbons (Fsp3) is 0.353. The predicted octanol–water partition coefficient (Wildman–Crippen LogP) is 3.20. The fourth-order valence-electron chi connectivity index (χ4n) is 1.99. The molecule has 1 heterocycles. The number of hydrogen-bond donors (Lipinski definition) is 1. The molecule has 24 heavy (non-hydrogen) atoms. The van der Waals surface area contributed by atoms with E-state index in [0.717, 1.165) is 30.9 Å². The third-order valence-electron chi connectivity index (χ3n) is 3.11. The van der Waals surface area contributed by atoms with Gasteiger partial charge in [-0.25, -0.2) is 0 Å². The number of likely N-dealkylation sites (N-methyl/N-ethyl adjacent to an activating group) is 1. The molecule has 0 bridgehead atoms. The minimum Gasteiger partial charge on any atom is -0.624 e. The minimum atomic E-state index is -0.833. The van der Waals surface area contributed by atoms with Crippen molar-refractivity contribution >= 4 is 28.5 Å². The van der Waals surface area contributed by atoms with E-state index < -0.39 is 5.97 Å². The summed E-state index contributed by atoms with van der Waals surface area (Å²) in [6.45, 7) is 7.22. The van der Waals surface area contributed by atoms with Gasteiger partial charge >= 0.3 is 0 Å². The summed E-state index contributed by atoms with van der Waals surface area (Å²) in [4.78, 5) is 27.3. The molecule has 0 atom stereocenters. The molecule has 1 N–H and O–H groups in total. The Kier molecular flexibility index (Phi) is 10.6. The normalized spacial score (nSPS) is 9.67. The molecular formula is C17H22N3NiO3-. The molecular weight excluding hydrogens is 353 g/mol. The first-order valence-corrected chi connectivity index (χ1v) is 7.48. The first-order chi connectivity index (χ1) is 11.0. The summed E-state index contributed by atoms with van der Waals surface area (Å²) in [6, 6.07) is 9.54. The number of hydrogen-bond acceptors (Lipinski definition) is 4. The Bertz CT molecular complexity index is 651. The zero-order chi connectivity index (χ0) is 17.2. The molecule has 134 valence electrons. The van der Waals surface area contributed by atoms with Crippen LogP contribution in [0.4, 0.5) is 5.69 Å². The number of aliphatic carboxylic acids is 1. The van der Waals surface area contributed by atoms with Crippen LogP contribution in [0.25, 0.3) is 16.2 Å². The van der Waals surface area contributed by atoms with Crippen molar-refractivity contribution in [3.8, 4) is 0 Å². The smallest absolute Gasteiger partial charge is 0.300 e. The Labute approximate surface area is 152 Å². The average Bonchev–Trinajstić information content (AvgIpc) is 2.52. The standard InChI is InChI=1S/C15H19N3O.C2H4O2.Ni/c1-3-18(4-2)11-14(19)17-13-9-5-7-12-8-6-10-16-15(12)13;1-2(3)4;/h5-10H,3-4,11H2,1-2H3,(H,17,19);1H3,(H,3,4);/p-1. The van der Waals surface area contributed by atoms with Gasteiger partial charge in [-0.2, -0.15) is 0 Å². The van der Waals surface area contributed by atoms with Crippen molar-refractivity contribution < 1.29 is 31.2 Å². The molecule has 0 aliphatic heterocycles. The summed E-state index contributed by atoms with van der Waals surface area (Å²) in [5, 5.41) is 12.6. The largest absolute Gasteiger partial charge is 0.624 e. The van der Waals surface area contributed by atoms with E-state index in [4.69, 9.17) is 9.90 Å². The third-order valence-corrected chi connectivity index (χ3v) is 3.11. The van der Waals surface area contributed by atoms with Crippen LogP contribution in [0.5, 0.6) is 0 Å². The molecule has 0 saturated carbocycles. The van der Waals surface area contributed by atoms with E-state index in [-0.39, 0.29) is 22.4 Å². The van der Waals surface area contributed by atoms with Crippen LogP contribution < -0.4 is 0 Å². The fourth-order valence-corrected chi connectivity index (χ4v) is 1.99. The molecule has 0 aliphatic rings. The predicted molar refractivity (Wildman–Crippen MR) is 90.9 cm³/mol. The summed E-state index contributed by atoms with van der Waals surface area (Å²) < 4.78 is 0. The number of fused-ring (bicyclic) bond motifs is 1. The Balaban J connectivity index is 0.000000954. The van der Waals surface area contributed by atoms with E-state index in [1.54, 1.807) is 6.20 Å². The minimum absolute atomic E-state index is 0. The van der Waals surface area contributed by atoms with Crippen molar-refractivity contribution in [3.63, 3.8) is 0 Å². The van der Waals surface area contributed by atoms with Crippen molar-refractivity contribution in [1.29, 1.82) is 0 Å². The zero-order valence-corrected chi connectivity index (χ0v) is 15.0. The second-order valence-corrected chi connectivity index (χ2v) is 4.84. The van der Waals surface area contributed by atoms with E-state index in [1.165, 1.54) is 0 Å². The van der Waals surface area contributed by atoms with E-state index >= 15 is 0 Å². The van der Waals surface area contributed by atoms with Crippen LogP contribution in [-0.2, 0) is 26.1 Å². The second kappa shape index (κ2) is 11.5. The van der Waals surface area contributed by atoms with Crippen LogP contribution in [0.2, 0.25) is 0 Å². The topological polar surface area (TPSA) is 84.6 Å². The van der Waals surface area contributed by atoms with Gasteiger partial charge in [-0.1, -0.05) is 38.1 Å². The van der Waals surface area contributed by atoms with Gasteiger partial charge in [0.05, 0.1) is 11.4 Å². The van der Waals surface area contributed by atoms with Crippen molar-refractivity contribution in [3.05, 3.63) is 41.8 Å². The van der Waals surface area contributed by atoms with Gasteiger partial charge in [0, 0.05) is 36.2 Å². The van der Waals surface area contributed by atoms with Gasteiger partial charge in [-0.3, -0.25) is 14.7 Å². The number of carboxylic acids is 1. The third kappa shape index (κ3) is 7.53. The molecule has 0 radical (unpaired) electrons. The van der Waals surface area contributed by atoms with E-state index in [1.807, 2.05) is 49.1 Å². The molecule has 1 amide bonds. The van der Waals surface area contributed by atoms with Crippen LogP contribution >= 0.6 is 0 Å². The Morgan fingerprint density at radius 2 is 1.75 bits per heavy atom. The van der Waals surface area contributed by atoms with Gasteiger partial charge in [-0.15, -0.1) is 5.69 Å². The van der Waals surface area contributed by atoms with Crippen LogP contribution in [0.1, 0.15) is 20.8 Å². The SMILES string of the molecule is CC(=O)O.CCN(CC)CC(=O)[N-]c1cccc2cccnc12.[Ni]. The summed E-state index contributed by atoms with van der Waals surface area (Å²) in [5.74, 6) is -0.957. The Morgan fingerprint density at radius 3 is 2.33 bits per heavy atom. The average molecular weight is 375 g/mol. The van der Waals surface area contributed by atoms with Gasteiger partial charge in [0.15, 0.2) is 0 Å². The second-order valence-electron chi connectivity index (χ2n) is 4.84. The number of carbonyl (C=O) groups is 2. The Morgan fingerprint density at radius 1 is 1.17 bits per heavy atom. The van der Waals surface area contributed by atoms with Crippen molar-refractivity contribution in [2.24, 2.45) is 0 Å². The number of pyridine rings is 1. The molecule has 2 rings (SSSR count). The maximum absolute atomic E-state index is 11.9. The van der Waals surface area contributed by atoms with Gasteiger partial charge in [-0.05, 0) is 24.5 Å². The Hall–Kier alpha value is -1.98. The molecule has 0 spiro atoms. The number of carboxylic acid groups (broad SMARTS) is 1. The molecule has 0 unspecified atom stereocenters. The summed E-state index contributed by atoms with van der Waals surface area (Å²) in [6.07, 6.45) is 1.72. The van der Waals surface area contributed by atoms with E-state index in [0.29, 0.717) is 12.2 Å². The van der Waals surface area contributed by atoms with Crippen LogP contribution in [0.3, 0.4) is 0 Å². The maximum atomic E-state index is 11.9. The van der Waals surface area contributed by atoms with Crippen LogP contribution in [0.15, 0.2) is 36.5 Å². The quantitative estimate of drug-likeness (QED) is 0.812. The molecule has 0 saturated heterocycles. The number of rotatable bonds is 5. The number of para-hydroxylation sites is 1. The van der Waals surface area contributed by atoms with Gasteiger partial charge in [0.1, 0.15) is 0 Å². The zero-order valence-electron chi connectivity index (χ0n) is 14.0. The van der Waals surface area contributed by atoms with E-state index in [2.05, 4.69) is 10.3 Å². The summed E-state index contributed by atoms with van der Waals surface area (Å²) in [7, 11) is 0. The molecule has 1 aromatic carbocycles. The maximum Gasteiger partial charge on any atom is 0.300 e. The number of nitrogens with zero attached hydrogens (tertiary/aromatic N) is 3. The number of amides is 1. The molecule has 1 aromatic heterocycles. The van der Waals surface area contributed by atoms with Crippen LogP contribution in [0, 0.1) is 0 Å². The molecule has 7 heteroatoms. The van der Waals surface area contributed by atoms with E-state index in [9.17, 15) is 4.79 Å². The summed E-state index contributed by atoms with van der Waals surface area (Å²) >= 11 is 0. The van der Waals surface area contributed by atoms with Gasteiger partial charge < -0.3 is 15.2 Å². The number of benzene rings is 1. The molecule has 2 aromatic rings. The van der Waals surface area contributed by atoms with Crippen molar-refractivity contribution in [2.75, 3.05) is 19.6 Å². The molecule has 0 aliphatic carbocycles. The first-order valence-electron chi connectivity index (χ1n) is 7.48. The van der Waals surface area contributed by atoms with Crippen LogP contribution in [-0.4, -0.2) is 46.5 Å².